The van der Waals surface area contributed by atoms with Crippen LogP contribution < -0.4 is 5.73 Å². The Morgan fingerprint density at radius 3 is 2.67 bits per heavy atom. The zero-order valence-electron chi connectivity index (χ0n) is 8.42. The highest BCUT2D eigenvalue weighted by Gasteiger charge is 2.27. The van der Waals surface area contributed by atoms with E-state index in [1.54, 1.807) is 0 Å². The van der Waals surface area contributed by atoms with E-state index in [2.05, 4.69) is 18.7 Å². The molecule has 0 bridgehead atoms. The van der Waals surface area contributed by atoms with Gasteiger partial charge in [0.25, 0.3) is 0 Å². The Morgan fingerprint density at radius 2 is 2.17 bits per heavy atom. The maximum absolute atomic E-state index is 5.76. The Labute approximate surface area is 76.1 Å². The third kappa shape index (κ3) is 1.99. The van der Waals surface area contributed by atoms with Crippen molar-refractivity contribution < 1.29 is 0 Å². The largest absolute Gasteiger partial charge is 0.330 e. The molecule has 0 aromatic carbocycles. The van der Waals surface area contributed by atoms with Gasteiger partial charge in [-0.05, 0) is 44.8 Å². The van der Waals surface area contributed by atoms with Crippen LogP contribution >= 0.6 is 0 Å². The summed E-state index contributed by atoms with van der Waals surface area (Å²) in [5, 5.41) is 0. The van der Waals surface area contributed by atoms with Gasteiger partial charge in [-0.1, -0.05) is 13.8 Å². The first-order valence-electron chi connectivity index (χ1n) is 5.27. The quantitative estimate of drug-likeness (QED) is 0.694. The molecule has 0 amide bonds. The lowest BCUT2D eigenvalue weighted by Gasteiger charge is -2.40. The van der Waals surface area contributed by atoms with Crippen molar-refractivity contribution in [3.05, 3.63) is 0 Å². The highest BCUT2D eigenvalue weighted by Crippen LogP contribution is 2.24. The van der Waals surface area contributed by atoms with Gasteiger partial charge in [-0.3, -0.25) is 0 Å². The third-order valence-electron chi connectivity index (χ3n) is 3.16. The van der Waals surface area contributed by atoms with Crippen LogP contribution in [0.3, 0.4) is 0 Å². The summed E-state index contributed by atoms with van der Waals surface area (Å²) in [5.41, 5.74) is 5.76. The first kappa shape index (κ1) is 10.0. The minimum absolute atomic E-state index is 0.753. The zero-order valence-corrected chi connectivity index (χ0v) is 8.42. The molecule has 0 aromatic rings. The summed E-state index contributed by atoms with van der Waals surface area (Å²) < 4.78 is 0. The number of rotatable bonds is 3. The van der Waals surface area contributed by atoms with Crippen molar-refractivity contribution >= 4 is 0 Å². The van der Waals surface area contributed by atoms with Crippen LogP contribution in [0.4, 0.5) is 0 Å². The minimum atomic E-state index is 0.753. The topological polar surface area (TPSA) is 29.3 Å². The molecule has 72 valence electrons. The van der Waals surface area contributed by atoms with Crippen LogP contribution in [-0.4, -0.2) is 30.6 Å². The lowest BCUT2D eigenvalue weighted by Crippen LogP contribution is -2.47. The van der Waals surface area contributed by atoms with Gasteiger partial charge in [-0.25, -0.2) is 0 Å². The van der Waals surface area contributed by atoms with Gasteiger partial charge in [0.1, 0.15) is 0 Å². The molecule has 0 unspecified atom stereocenters. The molecule has 1 fully saturated rings. The van der Waals surface area contributed by atoms with Gasteiger partial charge >= 0.3 is 0 Å². The van der Waals surface area contributed by atoms with Crippen molar-refractivity contribution in [2.75, 3.05) is 19.6 Å². The van der Waals surface area contributed by atoms with Crippen molar-refractivity contribution in [1.29, 1.82) is 0 Å². The average molecular weight is 170 g/mol. The lowest BCUT2D eigenvalue weighted by molar-refractivity contribution is 0.0987. The molecule has 0 saturated carbocycles. The zero-order chi connectivity index (χ0) is 8.97. The Balaban J connectivity index is 2.52. The van der Waals surface area contributed by atoms with Crippen molar-refractivity contribution in [3.63, 3.8) is 0 Å². The molecule has 1 aliphatic heterocycles. The second-order valence-electron chi connectivity index (χ2n) is 3.74. The van der Waals surface area contributed by atoms with E-state index in [0.717, 1.165) is 18.5 Å². The van der Waals surface area contributed by atoms with Crippen molar-refractivity contribution in [3.8, 4) is 0 Å². The fourth-order valence-corrected chi connectivity index (χ4v) is 2.47. The van der Waals surface area contributed by atoms with Crippen molar-refractivity contribution in [2.45, 2.75) is 39.2 Å². The molecular weight excluding hydrogens is 148 g/mol. The summed E-state index contributed by atoms with van der Waals surface area (Å²) in [4.78, 5) is 2.58. The first-order valence-corrected chi connectivity index (χ1v) is 5.27. The van der Waals surface area contributed by atoms with Crippen molar-refractivity contribution in [2.24, 2.45) is 11.7 Å². The van der Waals surface area contributed by atoms with Gasteiger partial charge < -0.3 is 10.6 Å². The number of nitrogens with zero attached hydrogens (tertiary/aromatic N) is 1. The van der Waals surface area contributed by atoms with Crippen LogP contribution in [-0.2, 0) is 0 Å². The first-order chi connectivity index (χ1) is 5.83. The van der Waals surface area contributed by atoms with Gasteiger partial charge in [0.15, 0.2) is 0 Å². The summed E-state index contributed by atoms with van der Waals surface area (Å²) in [7, 11) is 0. The van der Waals surface area contributed by atoms with E-state index in [0.29, 0.717) is 0 Å². The number of hydrogen-bond acceptors (Lipinski definition) is 2. The summed E-state index contributed by atoms with van der Waals surface area (Å²) in [5.74, 6) is 0.753. The Hall–Kier alpha value is -0.0800. The second kappa shape index (κ2) is 4.83. The van der Waals surface area contributed by atoms with Crippen LogP contribution in [0.25, 0.3) is 0 Å². The van der Waals surface area contributed by atoms with E-state index < -0.39 is 0 Å². The van der Waals surface area contributed by atoms with E-state index >= 15 is 0 Å². The van der Waals surface area contributed by atoms with Crippen LogP contribution in [0.2, 0.25) is 0 Å². The molecule has 0 aromatic heterocycles. The Morgan fingerprint density at radius 1 is 1.42 bits per heavy atom. The van der Waals surface area contributed by atoms with Crippen LogP contribution in [0, 0.1) is 5.92 Å². The maximum Gasteiger partial charge on any atom is 0.0133 e. The molecule has 2 heteroatoms. The molecule has 0 radical (unpaired) electrons. The predicted molar refractivity (Wildman–Crippen MR) is 53.1 cm³/mol. The van der Waals surface area contributed by atoms with Crippen LogP contribution in [0.1, 0.15) is 33.1 Å². The third-order valence-corrected chi connectivity index (χ3v) is 3.16. The summed E-state index contributed by atoms with van der Waals surface area (Å²) in [6.07, 6.45) is 3.94. The number of hydrogen-bond donors (Lipinski definition) is 1. The second-order valence-corrected chi connectivity index (χ2v) is 3.74. The summed E-state index contributed by atoms with van der Waals surface area (Å²) in [6.45, 7) is 7.87. The molecule has 2 N–H and O–H groups in total. The van der Waals surface area contributed by atoms with Crippen LogP contribution in [0.15, 0.2) is 0 Å². The summed E-state index contributed by atoms with van der Waals surface area (Å²) in [6, 6.07) is 0.758. The van der Waals surface area contributed by atoms with E-state index in [-0.39, 0.29) is 0 Å². The fourth-order valence-electron chi connectivity index (χ4n) is 2.47. The molecule has 0 spiro atoms. The minimum Gasteiger partial charge on any atom is -0.330 e. The Bertz CT molecular complexity index is 113. The van der Waals surface area contributed by atoms with E-state index in [9.17, 15) is 0 Å². The van der Waals surface area contributed by atoms with Gasteiger partial charge in [0.2, 0.25) is 0 Å². The molecule has 2 nitrogen and oxygen atoms in total. The SMILES string of the molecule is CC[C@@H]1[C@@H](CN)CCCN1CC. The standard InChI is InChI=1S/C10H22N2/c1-3-10-9(8-11)6-5-7-12(10)4-2/h9-10H,3-8,11H2,1-2H3/t9-,10-/m1/s1. The van der Waals surface area contributed by atoms with E-state index in [1.807, 2.05) is 0 Å². The molecule has 1 rings (SSSR count). The molecule has 0 aliphatic carbocycles. The van der Waals surface area contributed by atoms with E-state index in [1.165, 1.54) is 32.4 Å². The molecule has 12 heavy (non-hydrogen) atoms. The Kier molecular flexibility index (Phi) is 4.02. The summed E-state index contributed by atoms with van der Waals surface area (Å²) >= 11 is 0. The smallest absolute Gasteiger partial charge is 0.0133 e. The highest BCUT2D eigenvalue weighted by molar-refractivity contribution is 4.83. The highest BCUT2D eigenvalue weighted by atomic mass is 15.2. The van der Waals surface area contributed by atoms with Gasteiger partial charge in [-0.2, -0.15) is 0 Å². The molecular formula is C10H22N2. The predicted octanol–water partition coefficient (Wildman–Crippen LogP) is 1.46. The molecule has 2 atom stereocenters. The maximum atomic E-state index is 5.76. The fraction of sp³-hybridized carbons (Fsp3) is 1.00. The molecule has 1 saturated heterocycles. The number of piperidine rings is 1. The normalized spacial score (nSPS) is 32.2. The monoisotopic (exact) mass is 170 g/mol. The number of likely N-dealkylation sites (tertiary alicyclic amines) is 1. The van der Waals surface area contributed by atoms with Gasteiger partial charge in [0, 0.05) is 6.04 Å². The van der Waals surface area contributed by atoms with Crippen molar-refractivity contribution in [1.82, 2.24) is 4.90 Å². The average Bonchev–Trinajstić information content (AvgIpc) is 2.16. The van der Waals surface area contributed by atoms with Gasteiger partial charge in [0.05, 0.1) is 0 Å². The molecule has 1 heterocycles. The van der Waals surface area contributed by atoms with Crippen LogP contribution in [0.5, 0.6) is 0 Å². The lowest BCUT2D eigenvalue weighted by atomic mass is 9.87. The molecule has 1 aliphatic rings. The van der Waals surface area contributed by atoms with Gasteiger partial charge in [-0.15, -0.1) is 0 Å². The van der Waals surface area contributed by atoms with E-state index in [4.69, 9.17) is 5.73 Å². The number of nitrogens with two attached hydrogens (primary N) is 1.